The van der Waals surface area contributed by atoms with Crippen LogP contribution in [-0.2, 0) is 19.0 Å². The molecule has 0 atom stereocenters. The first-order valence-electron chi connectivity index (χ1n) is 3.97. The molecule has 6 heteroatoms. The zero-order chi connectivity index (χ0) is 12.5. The monoisotopic (exact) mass is 217 g/mol. The zero-order valence-electron chi connectivity index (χ0n) is 9.49. The number of rotatable bonds is 1. The Morgan fingerprint density at radius 3 is 1.53 bits per heavy atom. The summed E-state index contributed by atoms with van der Waals surface area (Å²) in [7, 11) is 3.78. The van der Waals surface area contributed by atoms with E-state index < -0.39 is 17.5 Å². The van der Waals surface area contributed by atoms with Crippen molar-refractivity contribution in [2.45, 2.75) is 13.8 Å². The van der Waals surface area contributed by atoms with Crippen LogP contribution in [0.4, 0.5) is 4.79 Å². The van der Waals surface area contributed by atoms with Crippen LogP contribution in [0, 0.1) is 16.7 Å². The van der Waals surface area contributed by atoms with Crippen molar-refractivity contribution in [2.24, 2.45) is 5.41 Å². The predicted octanol–water partition coefficient (Wildman–Crippen LogP) is 1.11. The Balaban J connectivity index is 0. The van der Waals surface area contributed by atoms with Gasteiger partial charge in [-0.1, -0.05) is 0 Å². The van der Waals surface area contributed by atoms with Crippen molar-refractivity contribution in [3.05, 3.63) is 0 Å². The Kier molecular flexibility index (Phi) is 7.97. The van der Waals surface area contributed by atoms with Crippen molar-refractivity contribution < 1.29 is 23.8 Å². The third-order valence-corrected chi connectivity index (χ3v) is 1.31. The second kappa shape index (κ2) is 7.62. The van der Waals surface area contributed by atoms with Gasteiger partial charge in [0.05, 0.1) is 27.4 Å². The molecule has 0 amide bonds. The highest BCUT2D eigenvalue weighted by atomic mass is 16.7. The average molecular weight is 217 g/mol. The van der Waals surface area contributed by atoms with E-state index in [2.05, 4.69) is 14.2 Å². The number of carbonyl (C=O) groups excluding carboxylic acids is 2. The Morgan fingerprint density at radius 1 is 1.07 bits per heavy atom. The lowest BCUT2D eigenvalue weighted by Crippen LogP contribution is -2.23. The van der Waals surface area contributed by atoms with E-state index in [0.717, 1.165) is 0 Å². The molecule has 0 aliphatic heterocycles. The molecule has 0 bridgehead atoms. The summed E-state index contributed by atoms with van der Waals surface area (Å²) in [4.78, 5) is 20.4. The molecular weight excluding hydrogens is 202 g/mol. The maximum atomic E-state index is 10.6. The molecule has 0 aliphatic rings. The van der Waals surface area contributed by atoms with Crippen molar-refractivity contribution in [1.82, 2.24) is 0 Å². The molecule has 6 nitrogen and oxygen atoms in total. The number of nitriles is 1. The van der Waals surface area contributed by atoms with Gasteiger partial charge in [-0.3, -0.25) is 4.79 Å². The van der Waals surface area contributed by atoms with Crippen LogP contribution in [0.2, 0.25) is 0 Å². The Morgan fingerprint density at radius 2 is 1.47 bits per heavy atom. The van der Waals surface area contributed by atoms with Gasteiger partial charge >= 0.3 is 12.1 Å². The maximum Gasteiger partial charge on any atom is 0.507 e. The Hall–Kier alpha value is -1.77. The van der Waals surface area contributed by atoms with Crippen molar-refractivity contribution in [3.63, 3.8) is 0 Å². The van der Waals surface area contributed by atoms with Crippen LogP contribution >= 0.6 is 0 Å². The fraction of sp³-hybridized carbons (Fsp3) is 0.667. The molecule has 0 unspecified atom stereocenters. The van der Waals surface area contributed by atoms with E-state index in [1.54, 1.807) is 0 Å². The maximum absolute atomic E-state index is 10.6. The fourth-order valence-corrected chi connectivity index (χ4v) is 0.384. The summed E-state index contributed by atoms with van der Waals surface area (Å²) in [5, 5.41) is 8.34. The van der Waals surface area contributed by atoms with Crippen LogP contribution < -0.4 is 0 Å². The van der Waals surface area contributed by atoms with Crippen molar-refractivity contribution in [3.8, 4) is 6.07 Å². The van der Waals surface area contributed by atoms with Crippen LogP contribution in [0.3, 0.4) is 0 Å². The molecule has 0 saturated carbocycles. The second-order valence-electron chi connectivity index (χ2n) is 2.89. The topological polar surface area (TPSA) is 85.6 Å². The fourth-order valence-electron chi connectivity index (χ4n) is 0.384. The van der Waals surface area contributed by atoms with Crippen LogP contribution in [0.1, 0.15) is 13.8 Å². The van der Waals surface area contributed by atoms with E-state index in [-0.39, 0.29) is 0 Å². The number of carbonyl (C=O) groups is 2. The van der Waals surface area contributed by atoms with E-state index in [9.17, 15) is 9.59 Å². The molecule has 0 fully saturated rings. The van der Waals surface area contributed by atoms with Gasteiger partial charge in [-0.05, 0) is 13.8 Å². The third-order valence-electron chi connectivity index (χ3n) is 1.31. The summed E-state index contributed by atoms with van der Waals surface area (Å²) in [5.74, 6) is -0.495. The zero-order valence-corrected chi connectivity index (χ0v) is 9.49. The summed E-state index contributed by atoms with van der Waals surface area (Å²) < 4.78 is 12.4. The summed E-state index contributed by atoms with van der Waals surface area (Å²) in [6.07, 6.45) is -0.657. The quantitative estimate of drug-likeness (QED) is 0.611. The van der Waals surface area contributed by atoms with Gasteiger partial charge in [-0.2, -0.15) is 5.26 Å². The van der Waals surface area contributed by atoms with Gasteiger partial charge in [0.2, 0.25) is 0 Å². The largest absolute Gasteiger partial charge is 0.507 e. The number of nitrogens with zero attached hydrogens (tertiary/aromatic N) is 1. The van der Waals surface area contributed by atoms with Crippen LogP contribution in [0.25, 0.3) is 0 Å². The number of hydrogen-bond donors (Lipinski definition) is 0. The van der Waals surface area contributed by atoms with E-state index in [1.807, 2.05) is 6.07 Å². The summed E-state index contributed by atoms with van der Waals surface area (Å²) in [5.41, 5.74) is -1.01. The van der Waals surface area contributed by atoms with E-state index in [4.69, 9.17) is 5.26 Å². The first kappa shape index (κ1) is 15.7. The predicted molar refractivity (Wildman–Crippen MR) is 50.8 cm³/mol. The highest BCUT2D eigenvalue weighted by Crippen LogP contribution is 2.13. The lowest BCUT2D eigenvalue weighted by molar-refractivity contribution is -0.147. The smallest absolute Gasteiger partial charge is 0.468 e. The van der Waals surface area contributed by atoms with E-state index in [1.165, 1.54) is 35.2 Å². The van der Waals surface area contributed by atoms with Gasteiger partial charge in [0.25, 0.3) is 0 Å². The summed E-state index contributed by atoms with van der Waals surface area (Å²) in [6.45, 7) is 3.03. The first-order chi connectivity index (χ1) is 6.85. The SMILES string of the molecule is COC(=O)C(C)(C)C#N.COC(=O)OC. The Bertz CT molecular complexity index is 248. The molecule has 0 aromatic rings. The highest BCUT2D eigenvalue weighted by Gasteiger charge is 2.27. The van der Waals surface area contributed by atoms with Crippen LogP contribution in [-0.4, -0.2) is 33.5 Å². The minimum atomic E-state index is -1.01. The van der Waals surface area contributed by atoms with Gasteiger partial charge in [0, 0.05) is 0 Å². The lowest BCUT2D eigenvalue weighted by atomic mass is 9.97. The molecule has 0 aliphatic carbocycles. The van der Waals surface area contributed by atoms with Crippen molar-refractivity contribution in [2.75, 3.05) is 21.3 Å². The molecule has 0 aromatic heterocycles. The van der Waals surface area contributed by atoms with E-state index in [0.29, 0.717) is 0 Å². The lowest BCUT2D eigenvalue weighted by Gasteiger charge is -2.09. The van der Waals surface area contributed by atoms with E-state index >= 15 is 0 Å². The number of esters is 1. The standard InChI is InChI=1S/C6H9NO2.C3H6O3/c1-6(2,4-7)5(8)9-3;1-5-3(4)6-2/h1-3H3;1-2H3. The van der Waals surface area contributed by atoms with Crippen molar-refractivity contribution in [1.29, 1.82) is 5.26 Å². The molecule has 0 radical (unpaired) electrons. The number of ether oxygens (including phenoxy) is 3. The minimum absolute atomic E-state index is 0.495. The molecule has 0 heterocycles. The molecule has 0 aromatic carbocycles. The van der Waals surface area contributed by atoms with Gasteiger partial charge in [0.1, 0.15) is 5.41 Å². The molecule has 0 spiro atoms. The molecule has 86 valence electrons. The minimum Gasteiger partial charge on any atom is -0.468 e. The third kappa shape index (κ3) is 7.31. The first-order valence-corrected chi connectivity index (χ1v) is 3.97. The molecule has 15 heavy (non-hydrogen) atoms. The number of hydrogen-bond acceptors (Lipinski definition) is 6. The van der Waals surface area contributed by atoms with Gasteiger partial charge < -0.3 is 14.2 Å². The number of methoxy groups -OCH3 is 3. The van der Waals surface area contributed by atoms with Crippen molar-refractivity contribution >= 4 is 12.1 Å². The average Bonchev–Trinajstić information content (AvgIpc) is 2.27. The van der Waals surface area contributed by atoms with Gasteiger partial charge in [-0.15, -0.1) is 0 Å². The Labute approximate surface area is 88.7 Å². The second-order valence-corrected chi connectivity index (χ2v) is 2.89. The van der Waals surface area contributed by atoms with Gasteiger partial charge in [-0.25, -0.2) is 4.79 Å². The van der Waals surface area contributed by atoms with Crippen LogP contribution in [0.15, 0.2) is 0 Å². The molecular formula is C9H15NO5. The molecule has 0 saturated heterocycles. The normalized spacial score (nSPS) is 8.80. The van der Waals surface area contributed by atoms with Gasteiger partial charge in [0.15, 0.2) is 0 Å². The molecule has 0 rings (SSSR count). The summed E-state index contributed by atoms with van der Waals surface area (Å²) in [6, 6.07) is 1.82. The summed E-state index contributed by atoms with van der Waals surface area (Å²) >= 11 is 0. The molecule has 0 N–H and O–H groups in total. The highest BCUT2D eigenvalue weighted by molar-refractivity contribution is 5.78. The van der Waals surface area contributed by atoms with Crippen LogP contribution in [0.5, 0.6) is 0 Å².